The Bertz CT molecular complexity index is 540. The van der Waals surface area contributed by atoms with E-state index in [4.69, 9.17) is 10.5 Å². The topological polar surface area (TPSA) is 35.2 Å². The second-order valence-electron chi connectivity index (χ2n) is 4.15. The zero-order valence-corrected chi connectivity index (χ0v) is 11.5. The van der Waals surface area contributed by atoms with E-state index in [0.717, 1.165) is 22.2 Å². The van der Waals surface area contributed by atoms with Crippen LogP contribution in [0.2, 0.25) is 0 Å². The highest BCUT2D eigenvalue weighted by molar-refractivity contribution is 9.10. The number of hydrogen-bond donors (Lipinski definition) is 1. The van der Waals surface area contributed by atoms with Crippen LogP contribution in [0.1, 0.15) is 29.0 Å². The van der Waals surface area contributed by atoms with Crippen molar-refractivity contribution in [2.75, 3.05) is 0 Å². The highest BCUT2D eigenvalue weighted by Crippen LogP contribution is 2.41. The van der Waals surface area contributed by atoms with Gasteiger partial charge >= 0.3 is 0 Å². The van der Waals surface area contributed by atoms with Crippen molar-refractivity contribution in [2.24, 2.45) is 5.73 Å². The third-order valence-electron chi connectivity index (χ3n) is 2.96. The third kappa shape index (κ3) is 2.12. The van der Waals surface area contributed by atoms with E-state index in [1.807, 2.05) is 24.3 Å². The van der Waals surface area contributed by atoms with Crippen molar-refractivity contribution in [2.45, 2.75) is 18.6 Å². The minimum atomic E-state index is 0.0609. The highest BCUT2D eigenvalue weighted by Gasteiger charge is 2.27. The lowest BCUT2D eigenvalue weighted by molar-refractivity contribution is 0.165. The lowest BCUT2D eigenvalue weighted by Crippen LogP contribution is -2.23. The van der Waals surface area contributed by atoms with E-state index in [0.29, 0.717) is 0 Å². The van der Waals surface area contributed by atoms with Gasteiger partial charge in [0, 0.05) is 32.8 Å². The molecule has 1 aromatic heterocycles. The molecule has 0 bridgehead atoms. The molecule has 2 atom stereocenters. The normalized spacial score (nSPS) is 22.9. The molecule has 0 radical (unpaired) electrons. The molecule has 2 aromatic rings. The van der Waals surface area contributed by atoms with Crippen molar-refractivity contribution in [3.63, 3.8) is 0 Å². The van der Waals surface area contributed by atoms with E-state index in [1.165, 1.54) is 4.88 Å². The first-order valence-corrected chi connectivity index (χ1v) is 7.16. The smallest absolute Gasteiger partial charge is 0.135 e. The number of fused-ring (bicyclic) bond motifs is 1. The Morgan fingerprint density at radius 3 is 2.94 bits per heavy atom. The van der Waals surface area contributed by atoms with Crippen LogP contribution >= 0.6 is 27.3 Å². The summed E-state index contributed by atoms with van der Waals surface area (Å²) >= 11 is 5.17. The predicted molar refractivity (Wildman–Crippen MR) is 73.4 cm³/mol. The van der Waals surface area contributed by atoms with E-state index in [9.17, 15) is 0 Å². The SMILES string of the molecule is NC1CC(c2cc(Br)cs2)Oc2ccccc21. The van der Waals surface area contributed by atoms with Gasteiger partial charge in [0.2, 0.25) is 0 Å². The maximum atomic E-state index is 6.19. The van der Waals surface area contributed by atoms with Crippen molar-refractivity contribution in [1.82, 2.24) is 0 Å². The monoisotopic (exact) mass is 309 g/mol. The quantitative estimate of drug-likeness (QED) is 0.863. The summed E-state index contributed by atoms with van der Waals surface area (Å²) in [6.45, 7) is 0. The van der Waals surface area contributed by atoms with Crippen LogP contribution in [-0.4, -0.2) is 0 Å². The van der Waals surface area contributed by atoms with Crippen LogP contribution in [0, 0.1) is 0 Å². The van der Waals surface area contributed by atoms with Crippen LogP contribution in [0.3, 0.4) is 0 Å². The first-order valence-electron chi connectivity index (χ1n) is 5.49. The Morgan fingerprint density at radius 2 is 2.18 bits per heavy atom. The van der Waals surface area contributed by atoms with Gasteiger partial charge in [-0.3, -0.25) is 0 Å². The van der Waals surface area contributed by atoms with Crippen LogP contribution in [0.15, 0.2) is 40.2 Å². The number of benzene rings is 1. The Balaban J connectivity index is 1.93. The number of para-hydroxylation sites is 1. The van der Waals surface area contributed by atoms with E-state index in [-0.39, 0.29) is 12.1 Å². The molecule has 1 aliphatic rings. The van der Waals surface area contributed by atoms with Gasteiger partial charge in [0.1, 0.15) is 11.9 Å². The van der Waals surface area contributed by atoms with E-state index in [1.54, 1.807) is 11.3 Å². The van der Waals surface area contributed by atoms with Gasteiger partial charge in [-0.2, -0.15) is 0 Å². The minimum absolute atomic E-state index is 0.0609. The second-order valence-corrected chi connectivity index (χ2v) is 6.01. The molecule has 0 fully saturated rings. The average Bonchev–Trinajstić information content (AvgIpc) is 2.76. The molecule has 1 aromatic carbocycles. The molecule has 2 unspecified atom stereocenters. The highest BCUT2D eigenvalue weighted by atomic mass is 79.9. The molecule has 0 spiro atoms. The molecule has 0 aliphatic carbocycles. The summed E-state index contributed by atoms with van der Waals surface area (Å²) in [4.78, 5) is 1.22. The van der Waals surface area contributed by atoms with Crippen LogP contribution in [0.25, 0.3) is 0 Å². The fourth-order valence-corrected chi connectivity index (χ4v) is 3.61. The molecule has 2 N–H and O–H groups in total. The number of ether oxygens (including phenoxy) is 1. The molecule has 0 saturated carbocycles. The molecular formula is C13H12BrNOS. The summed E-state index contributed by atoms with van der Waals surface area (Å²) in [6.07, 6.45) is 0.917. The summed E-state index contributed by atoms with van der Waals surface area (Å²) in [6, 6.07) is 10.2. The standard InChI is InChI=1S/C13H12BrNOS/c14-8-5-13(17-7-8)12-6-10(15)9-3-1-2-4-11(9)16-12/h1-5,7,10,12H,6,15H2. The van der Waals surface area contributed by atoms with Gasteiger partial charge in [0.15, 0.2) is 0 Å². The third-order valence-corrected chi connectivity index (χ3v) is 4.75. The van der Waals surface area contributed by atoms with Crippen LogP contribution in [0.4, 0.5) is 0 Å². The fraction of sp³-hybridized carbons (Fsp3) is 0.231. The maximum Gasteiger partial charge on any atom is 0.135 e. The summed E-state index contributed by atoms with van der Waals surface area (Å²) < 4.78 is 7.12. The number of halogens is 1. The molecule has 0 saturated heterocycles. The summed E-state index contributed by atoms with van der Waals surface area (Å²) in [7, 11) is 0. The number of rotatable bonds is 1. The number of thiophene rings is 1. The molecule has 2 heterocycles. The maximum absolute atomic E-state index is 6.19. The zero-order chi connectivity index (χ0) is 11.8. The summed E-state index contributed by atoms with van der Waals surface area (Å²) in [5, 5.41) is 2.07. The van der Waals surface area contributed by atoms with E-state index >= 15 is 0 Å². The fourth-order valence-electron chi connectivity index (χ4n) is 2.12. The molecule has 88 valence electrons. The molecule has 17 heavy (non-hydrogen) atoms. The Hall–Kier alpha value is -0.840. The van der Waals surface area contributed by atoms with Crippen LogP contribution in [-0.2, 0) is 0 Å². The van der Waals surface area contributed by atoms with Gasteiger partial charge in [0.05, 0.1) is 0 Å². The molecule has 2 nitrogen and oxygen atoms in total. The van der Waals surface area contributed by atoms with Crippen molar-refractivity contribution < 1.29 is 4.74 Å². The lowest BCUT2D eigenvalue weighted by Gasteiger charge is -2.29. The predicted octanol–water partition coefficient (Wildman–Crippen LogP) is 4.03. The van der Waals surface area contributed by atoms with Crippen LogP contribution in [0.5, 0.6) is 5.75 Å². The van der Waals surface area contributed by atoms with Crippen LogP contribution < -0.4 is 10.5 Å². The van der Waals surface area contributed by atoms with E-state index < -0.39 is 0 Å². The molecule has 0 amide bonds. The Kier molecular flexibility index (Phi) is 2.94. The van der Waals surface area contributed by atoms with Gasteiger partial charge < -0.3 is 10.5 Å². The molecular weight excluding hydrogens is 298 g/mol. The van der Waals surface area contributed by atoms with Crippen molar-refractivity contribution >= 4 is 27.3 Å². The summed E-state index contributed by atoms with van der Waals surface area (Å²) in [5.41, 5.74) is 7.30. The minimum Gasteiger partial charge on any atom is -0.484 e. The average molecular weight is 310 g/mol. The zero-order valence-electron chi connectivity index (χ0n) is 9.10. The van der Waals surface area contributed by atoms with Gasteiger partial charge in [-0.25, -0.2) is 0 Å². The van der Waals surface area contributed by atoms with Crippen molar-refractivity contribution in [1.29, 1.82) is 0 Å². The Morgan fingerprint density at radius 1 is 1.35 bits per heavy atom. The molecule has 1 aliphatic heterocycles. The van der Waals surface area contributed by atoms with Crippen molar-refractivity contribution in [3.05, 3.63) is 50.6 Å². The van der Waals surface area contributed by atoms with Crippen molar-refractivity contribution in [3.8, 4) is 5.75 Å². The molecule has 3 rings (SSSR count). The first-order chi connectivity index (χ1) is 8.24. The lowest BCUT2D eigenvalue weighted by atomic mass is 9.97. The van der Waals surface area contributed by atoms with Gasteiger partial charge in [-0.15, -0.1) is 11.3 Å². The largest absolute Gasteiger partial charge is 0.484 e. The van der Waals surface area contributed by atoms with E-state index in [2.05, 4.69) is 27.4 Å². The Labute approximate surface area is 113 Å². The first kappa shape index (κ1) is 11.3. The van der Waals surface area contributed by atoms with Gasteiger partial charge in [0.25, 0.3) is 0 Å². The van der Waals surface area contributed by atoms with Gasteiger partial charge in [-0.1, -0.05) is 18.2 Å². The second kappa shape index (κ2) is 4.44. The molecule has 4 heteroatoms. The number of hydrogen-bond acceptors (Lipinski definition) is 3. The number of nitrogens with two attached hydrogens (primary N) is 1. The van der Waals surface area contributed by atoms with Gasteiger partial charge in [-0.05, 0) is 28.1 Å². The summed E-state index contributed by atoms with van der Waals surface area (Å²) in [5.74, 6) is 0.917.